The quantitative estimate of drug-likeness (QED) is 0.152. The average Bonchev–Trinajstić information content (AvgIpc) is 2.90. The normalized spacial score (nSPS) is 11.9. The number of alkyl halides is 4. The van der Waals surface area contributed by atoms with E-state index in [0.717, 1.165) is 16.8 Å². The third-order valence-electron chi connectivity index (χ3n) is 5.72. The lowest BCUT2D eigenvalue weighted by molar-refractivity contribution is -0.605. The van der Waals surface area contributed by atoms with Crippen LogP contribution in [0.4, 0.5) is 23.4 Å². The number of anilines is 1. The van der Waals surface area contributed by atoms with Gasteiger partial charge in [0.15, 0.2) is 23.9 Å². The van der Waals surface area contributed by atoms with E-state index in [0.29, 0.717) is 35.5 Å². The molecule has 0 spiro atoms. The Balaban J connectivity index is 1.59. The van der Waals surface area contributed by atoms with Crippen LogP contribution in [0, 0.1) is 5.21 Å². The number of benzene rings is 1. The summed E-state index contributed by atoms with van der Waals surface area (Å²) in [7, 11) is 0. The summed E-state index contributed by atoms with van der Waals surface area (Å²) >= 11 is 0. The lowest BCUT2D eigenvalue weighted by Gasteiger charge is -2.20. The molecule has 1 atom stereocenters. The third kappa shape index (κ3) is 7.55. The first-order valence-electron chi connectivity index (χ1n) is 11.7. The summed E-state index contributed by atoms with van der Waals surface area (Å²) in [5.41, 5.74) is 2.99. The summed E-state index contributed by atoms with van der Waals surface area (Å²) < 4.78 is 61.1. The summed E-state index contributed by atoms with van der Waals surface area (Å²) in [4.78, 5) is 8.76. The van der Waals surface area contributed by atoms with E-state index in [1.165, 1.54) is 30.6 Å². The minimum Gasteiger partial charge on any atom is -0.619 e. The Morgan fingerprint density at radius 1 is 0.842 bits per heavy atom. The van der Waals surface area contributed by atoms with E-state index in [1.807, 2.05) is 24.3 Å². The minimum absolute atomic E-state index is 0.373. The van der Waals surface area contributed by atoms with Gasteiger partial charge in [-0.15, -0.1) is 0 Å². The van der Waals surface area contributed by atoms with Gasteiger partial charge in [-0.25, -0.2) is 4.98 Å². The predicted octanol–water partition coefficient (Wildman–Crippen LogP) is 5.34. The lowest BCUT2D eigenvalue weighted by atomic mass is 9.87. The summed E-state index contributed by atoms with van der Waals surface area (Å²) in [5, 5.41) is 14.7. The van der Waals surface area contributed by atoms with Crippen molar-refractivity contribution in [3.05, 3.63) is 113 Å². The second-order valence-electron chi connectivity index (χ2n) is 8.26. The number of hydrogen-bond acceptors (Lipinski definition) is 6. The average molecular weight is 529 g/mol. The standard InChI is InChI=1S/C27H24F4N4O3/c28-26(29)37-23-6-4-19(16-24(23)38-27(30)31)22(15-18-9-13-35(36)14-10-18)20-5-7-25(34-17-20)33-12-8-21-3-1-2-11-32-21/h1-7,9-11,13-14,16-17,22,26-27H,8,12,15H2,(H,33,34). The molecule has 3 heterocycles. The van der Waals surface area contributed by atoms with Crippen LogP contribution < -0.4 is 19.5 Å². The number of pyridine rings is 3. The van der Waals surface area contributed by atoms with Crippen molar-refractivity contribution < 1.29 is 31.8 Å². The van der Waals surface area contributed by atoms with E-state index >= 15 is 0 Å². The SMILES string of the molecule is [O-][n+]1ccc(CC(c2ccc(NCCc3ccccn3)nc2)c2ccc(OC(F)F)c(OC(F)F)c2)cc1. The number of aromatic nitrogens is 3. The second-order valence-corrected chi connectivity index (χ2v) is 8.26. The number of nitrogens with zero attached hydrogens (tertiary/aromatic N) is 3. The molecule has 4 aromatic rings. The van der Waals surface area contributed by atoms with Gasteiger partial charge in [-0.3, -0.25) is 4.98 Å². The topological polar surface area (TPSA) is 83.2 Å². The van der Waals surface area contributed by atoms with Crippen LogP contribution in [-0.4, -0.2) is 29.7 Å². The molecule has 3 aromatic heterocycles. The molecule has 1 unspecified atom stereocenters. The van der Waals surface area contributed by atoms with Crippen LogP contribution >= 0.6 is 0 Å². The molecule has 38 heavy (non-hydrogen) atoms. The van der Waals surface area contributed by atoms with Gasteiger partial charge in [0.2, 0.25) is 0 Å². The highest BCUT2D eigenvalue weighted by Crippen LogP contribution is 2.37. The Bertz CT molecular complexity index is 1290. The highest BCUT2D eigenvalue weighted by Gasteiger charge is 2.21. The van der Waals surface area contributed by atoms with E-state index in [-0.39, 0.29) is 0 Å². The van der Waals surface area contributed by atoms with Crippen molar-refractivity contribution >= 4 is 5.82 Å². The van der Waals surface area contributed by atoms with Crippen LogP contribution in [0.25, 0.3) is 0 Å². The predicted molar refractivity (Wildman–Crippen MR) is 131 cm³/mol. The van der Waals surface area contributed by atoms with Crippen molar-refractivity contribution in [1.29, 1.82) is 0 Å². The molecule has 0 bridgehead atoms. The van der Waals surface area contributed by atoms with Crippen molar-refractivity contribution in [2.75, 3.05) is 11.9 Å². The van der Waals surface area contributed by atoms with Crippen LogP contribution in [0.3, 0.4) is 0 Å². The second kappa shape index (κ2) is 12.7. The molecule has 0 aliphatic carbocycles. The maximum atomic E-state index is 13.0. The Hall–Kier alpha value is -4.41. The number of hydrogen-bond donors (Lipinski definition) is 1. The molecule has 0 saturated carbocycles. The first kappa shape index (κ1) is 26.6. The van der Waals surface area contributed by atoms with Gasteiger partial charge in [-0.05, 0) is 53.4 Å². The molecule has 7 nitrogen and oxygen atoms in total. The van der Waals surface area contributed by atoms with Gasteiger partial charge in [0.1, 0.15) is 5.82 Å². The molecule has 0 amide bonds. The molecule has 0 aliphatic rings. The van der Waals surface area contributed by atoms with E-state index in [4.69, 9.17) is 0 Å². The van der Waals surface area contributed by atoms with Crippen molar-refractivity contribution in [2.24, 2.45) is 0 Å². The zero-order valence-electron chi connectivity index (χ0n) is 20.0. The zero-order valence-corrected chi connectivity index (χ0v) is 20.0. The van der Waals surface area contributed by atoms with Crippen molar-refractivity contribution in [3.8, 4) is 11.5 Å². The van der Waals surface area contributed by atoms with Crippen LogP contribution in [0.2, 0.25) is 0 Å². The Kier molecular flexibility index (Phi) is 8.91. The lowest BCUT2D eigenvalue weighted by Crippen LogP contribution is -2.24. The smallest absolute Gasteiger partial charge is 0.387 e. The van der Waals surface area contributed by atoms with Crippen LogP contribution in [-0.2, 0) is 12.8 Å². The van der Waals surface area contributed by atoms with Crippen molar-refractivity contribution in [2.45, 2.75) is 32.0 Å². The van der Waals surface area contributed by atoms with E-state index in [2.05, 4.69) is 24.8 Å². The number of rotatable bonds is 12. The monoisotopic (exact) mass is 528 g/mol. The molecule has 4 rings (SSSR count). The number of halogens is 4. The van der Waals surface area contributed by atoms with Gasteiger partial charge >= 0.3 is 13.2 Å². The molecule has 0 fully saturated rings. The third-order valence-corrected chi connectivity index (χ3v) is 5.72. The molecule has 1 aromatic carbocycles. The van der Waals surface area contributed by atoms with Gasteiger partial charge in [-0.2, -0.15) is 22.3 Å². The van der Waals surface area contributed by atoms with Gasteiger partial charge in [0.25, 0.3) is 0 Å². The fraction of sp³-hybridized carbons (Fsp3) is 0.222. The van der Waals surface area contributed by atoms with Gasteiger partial charge in [0.05, 0.1) is 0 Å². The molecule has 1 N–H and O–H groups in total. The fourth-order valence-electron chi connectivity index (χ4n) is 3.95. The van der Waals surface area contributed by atoms with Crippen LogP contribution in [0.15, 0.2) is 85.5 Å². The maximum Gasteiger partial charge on any atom is 0.387 e. The largest absolute Gasteiger partial charge is 0.619 e. The van der Waals surface area contributed by atoms with Crippen molar-refractivity contribution in [1.82, 2.24) is 9.97 Å². The molecular weight excluding hydrogens is 504 g/mol. The summed E-state index contributed by atoms with van der Waals surface area (Å²) in [5.74, 6) is -0.791. The maximum absolute atomic E-state index is 13.0. The van der Waals surface area contributed by atoms with Crippen molar-refractivity contribution in [3.63, 3.8) is 0 Å². The Morgan fingerprint density at radius 3 is 2.24 bits per heavy atom. The Morgan fingerprint density at radius 2 is 1.58 bits per heavy atom. The molecule has 0 aliphatic heterocycles. The van der Waals surface area contributed by atoms with E-state index in [1.54, 1.807) is 30.6 Å². The minimum atomic E-state index is -3.23. The summed E-state index contributed by atoms with van der Waals surface area (Å²) in [6.45, 7) is -5.82. The Labute approximate surface area is 216 Å². The fourth-order valence-corrected chi connectivity index (χ4v) is 3.95. The summed E-state index contributed by atoms with van der Waals surface area (Å²) in [6, 6.07) is 16.6. The molecule has 198 valence electrons. The van der Waals surface area contributed by atoms with Gasteiger partial charge in [0, 0.05) is 49.1 Å². The van der Waals surface area contributed by atoms with E-state index < -0.39 is 30.6 Å². The highest BCUT2D eigenvalue weighted by atomic mass is 19.3. The van der Waals surface area contributed by atoms with Gasteiger partial charge in [-0.1, -0.05) is 18.2 Å². The van der Waals surface area contributed by atoms with Crippen LogP contribution in [0.1, 0.15) is 28.3 Å². The molecular formula is C27H24F4N4O3. The number of nitrogens with one attached hydrogen (secondary N) is 1. The molecule has 11 heteroatoms. The molecule has 0 radical (unpaired) electrons. The van der Waals surface area contributed by atoms with E-state index in [9.17, 15) is 22.8 Å². The van der Waals surface area contributed by atoms with Gasteiger partial charge < -0.3 is 20.0 Å². The zero-order chi connectivity index (χ0) is 26.9. The highest BCUT2D eigenvalue weighted by molar-refractivity contribution is 5.47. The number of ether oxygens (including phenoxy) is 2. The first-order valence-corrected chi connectivity index (χ1v) is 11.7. The first-order chi connectivity index (χ1) is 18.4. The molecule has 0 saturated heterocycles. The van der Waals surface area contributed by atoms with Crippen LogP contribution in [0.5, 0.6) is 11.5 Å². The summed E-state index contributed by atoms with van der Waals surface area (Å²) in [6.07, 6.45) is 7.17.